The van der Waals surface area contributed by atoms with Crippen molar-refractivity contribution in [2.75, 3.05) is 26.1 Å². The van der Waals surface area contributed by atoms with Gasteiger partial charge in [-0.2, -0.15) is 0 Å². The van der Waals surface area contributed by atoms with Crippen LogP contribution < -0.4 is 9.46 Å². The van der Waals surface area contributed by atoms with Crippen LogP contribution in [0.2, 0.25) is 0 Å². The summed E-state index contributed by atoms with van der Waals surface area (Å²) in [5, 5.41) is 0. The highest BCUT2D eigenvalue weighted by atomic mass is 32.2. The molecule has 2 atom stereocenters. The average molecular weight is 403 g/mol. The highest BCUT2D eigenvalue weighted by Crippen LogP contribution is 2.37. The van der Waals surface area contributed by atoms with E-state index >= 15 is 0 Å². The number of hydrogen-bond acceptors (Lipinski definition) is 4. The Labute approximate surface area is 159 Å². The number of sulfonamides is 1. The van der Waals surface area contributed by atoms with Crippen molar-refractivity contribution in [2.45, 2.75) is 50.0 Å². The van der Waals surface area contributed by atoms with Crippen molar-refractivity contribution in [1.82, 2.24) is 4.72 Å². The molecular weight excluding hydrogens is 376 g/mol. The lowest BCUT2D eigenvalue weighted by Gasteiger charge is -2.35. The number of alkyl halides is 2. The molecule has 1 N–H and O–H groups in total. The van der Waals surface area contributed by atoms with Gasteiger partial charge < -0.3 is 9.47 Å². The van der Waals surface area contributed by atoms with Crippen molar-refractivity contribution < 1.29 is 26.7 Å². The third-order valence-electron chi connectivity index (χ3n) is 5.35. The van der Waals surface area contributed by atoms with Gasteiger partial charge in [-0.25, -0.2) is 21.9 Å². The Morgan fingerprint density at radius 3 is 2.48 bits per heavy atom. The predicted molar refractivity (Wildman–Crippen MR) is 98.8 cm³/mol. The van der Waals surface area contributed by atoms with Crippen molar-refractivity contribution in [3.05, 3.63) is 29.8 Å². The largest absolute Gasteiger partial charge is 0.493 e. The van der Waals surface area contributed by atoms with Crippen LogP contribution >= 0.6 is 0 Å². The Bertz CT molecular complexity index is 718. The first-order valence-corrected chi connectivity index (χ1v) is 11.3. The standard InChI is InChI=1S/C19H27F2NO4S/c1-27(23,24)22-18-6-9-19(20,21)12-16(18)13-26-17-4-2-14(3-5-17)15-7-10-25-11-8-15/h2-5,15-16,18,22H,6-13H2,1H3/t16-,18-/m0/s1. The summed E-state index contributed by atoms with van der Waals surface area (Å²) in [7, 11) is -3.46. The fraction of sp³-hybridized carbons (Fsp3) is 0.684. The van der Waals surface area contributed by atoms with Gasteiger partial charge in [0.1, 0.15) is 5.75 Å². The van der Waals surface area contributed by atoms with Crippen molar-refractivity contribution in [3.63, 3.8) is 0 Å². The molecule has 0 radical (unpaired) electrons. The summed E-state index contributed by atoms with van der Waals surface area (Å²) in [5.41, 5.74) is 1.23. The van der Waals surface area contributed by atoms with Crippen molar-refractivity contribution >= 4 is 10.0 Å². The zero-order valence-electron chi connectivity index (χ0n) is 15.5. The second kappa shape index (κ2) is 8.41. The second-order valence-electron chi connectivity index (χ2n) is 7.62. The number of benzene rings is 1. The maximum absolute atomic E-state index is 13.8. The predicted octanol–water partition coefficient (Wildman–Crippen LogP) is 3.31. The molecule has 1 saturated heterocycles. The highest BCUT2D eigenvalue weighted by molar-refractivity contribution is 7.88. The molecule has 0 spiro atoms. The molecule has 0 unspecified atom stereocenters. The van der Waals surface area contributed by atoms with Gasteiger partial charge in [-0.05, 0) is 42.9 Å². The number of hydrogen-bond donors (Lipinski definition) is 1. The van der Waals surface area contributed by atoms with Crippen LogP contribution in [0, 0.1) is 5.92 Å². The Balaban J connectivity index is 1.60. The van der Waals surface area contributed by atoms with E-state index in [2.05, 4.69) is 4.72 Å². The molecule has 1 saturated carbocycles. The normalized spacial score (nSPS) is 26.6. The smallest absolute Gasteiger partial charge is 0.248 e. The van der Waals surface area contributed by atoms with Crippen molar-refractivity contribution in [2.24, 2.45) is 5.92 Å². The molecule has 1 heterocycles. The molecule has 3 rings (SSSR count). The van der Waals surface area contributed by atoms with Crippen LogP contribution in [0.5, 0.6) is 5.75 Å². The summed E-state index contributed by atoms with van der Waals surface area (Å²) in [5.74, 6) is -2.26. The fourth-order valence-electron chi connectivity index (χ4n) is 3.91. The van der Waals surface area contributed by atoms with E-state index in [4.69, 9.17) is 9.47 Å². The van der Waals surface area contributed by atoms with Gasteiger partial charge in [0, 0.05) is 38.0 Å². The van der Waals surface area contributed by atoms with E-state index in [1.54, 1.807) is 0 Å². The van der Waals surface area contributed by atoms with Crippen molar-refractivity contribution in [1.29, 1.82) is 0 Å². The van der Waals surface area contributed by atoms with Crippen LogP contribution in [0.15, 0.2) is 24.3 Å². The highest BCUT2D eigenvalue weighted by Gasteiger charge is 2.42. The average Bonchev–Trinajstić information content (AvgIpc) is 2.62. The number of nitrogens with one attached hydrogen (secondary N) is 1. The SMILES string of the molecule is CS(=O)(=O)N[C@H]1CCC(F)(F)C[C@H]1COc1ccc(C2CCOCC2)cc1. The number of halogens is 2. The van der Waals surface area contributed by atoms with Crippen LogP contribution in [-0.4, -0.2) is 46.5 Å². The zero-order valence-corrected chi connectivity index (χ0v) is 16.3. The van der Waals surface area contributed by atoms with E-state index in [1.807, 2.05) is 24.3 Å². The van der Waals surface area contributed by atoms with Gasteiger partial charge in [0.15, 0.2) is 0 Å². The van der Waals surface area contributed by atoms with Crippen LogP contribution in [-0.2, 0) is 14.8 Å². The first-order valence-electron chi connectivity index (χ1n) is 9.37. The monoisotopic (exact) mass is 403 g/mol. The summed E-state index contributed by atoms with van der Waals surface area (Å²) in [6.45, 7) is 1.60. The number of rotatable bonds is 6. The van der Waals surface area contributed by atoms with Crippen LogP contribution in [0.25, 0.3) is 0 Å². The second-order valence-corrected chi connectivity index (χ2v) is 9.40. The van der Waals surface area contributed by atoms with E-state index in [0.717, 1.165) is 32.3 Å². The Kier molecular flexibility index (Phi) is 6.38. The number of ether oxygens (including phenoxy) is 2. The van der Waals surface area contributed by atoms with Crippen LogP contribution in [0.3, 0.4) is 0 Å². The maximum Gasteiger partial charge on any atom is 0.248 e. The Hall–Kier alpha value is -1.25. The quantitative estimate of drug-likeness (QED) is 0.792. The topological polar surface area (TPSA) is 64.6 Å². The lowest BCUT2D eigenvalue weighted by atomic mass is 9.83. The van der Waals surface area contributed by atoms with Gasteiger partial charge in [-0.3, -0.25) is 0 Å². The van der Waals surface area contributed by atoms with E-state index in [0.29, 0.717) is 11.7 Å². The molecule has 1 aromatic carbocycles. The zero-order chi connectivity index (χ0) is 19.5. The van der Waals surface area contributed by atoms with E-state index in [1.165, 1.54) is 5.56 Å². The third-order valence-corrected chi connectivity index (χ3v) is 6.08. The molecule has 0 aromatic heterocycles. The van der Waals surface area contributed by atoms with Crippen LogP contribution in [0.4, 0.5) is 8.78 Å². The molecule has 0 bridgehead atoms. The van der Waals surface area contributed by atoms with E-state index in [-0.39, 0.29) is 25.9 Å². The molecule has 5 nitrogen and oxygen atoms in total. The van der Waals surface area contributed by atoms with Gasteiger partial charge >= 0.3 is 0 Å². The lowest BCUT2D eigenvalue weighted by molar-refractivity contribution is -0.0660. The fourth-order valence-corrected chi connectivity index (χ4v) is 4.77. The van der Waals surface area contributed by atoms with Gasteiger partial charge in [0.05, 0.1) is 12.9 Å². The lowest BCUT2D eigenvalue weighted by Crippen LogP contribution is -2.48. The molecule has 1 aromatic rings. The third kappa shape index (κ3) is 6.12. The Morgan fingerprint density at radius 2 is 1.85 bits per heavy atom. The molecule has 2 aliphatic rings. The van der Waals surface area contributed by atoms with Gasteiger partial charge in [0.2, 0.25) is 15.9 Å². The first kappa shape index (κ1) is 20.5. The summed E-state index contributed by atoms with van der Waals surface area (Å²) < 4.78 is 64.2. The molecule has 27 heavy (non-hydrogen) atoms. The Morgan fingerprint density at radius 1 is 1.19 bits per heavy atom. The van der Waals surface area contributed by atoms with Gasteiger partial charge in [-0.1, -0.05) is 12.1 Å². The summed E-state index contributed by atoms with van der Waals surface area (Å²) in [4.78, 5) is 0. The minimum atomic E-state index is -3.46. The minimum Gasteiger partial charge on any atom is -0.493 e. The summed E-state index contributed by atoms with van der Waals surface area (Å²) in [6.07, 6.45) is 2.46. The molecule has 0 amide bonds. The first-order chi connectivity index (χ1) is 12.7. The molecule has 152 valence electrons. The molecular formula is C19H27F2NO4S. The molecule has 1 aliphatic heterocycles. The molecule has 8 heteroatoms. The molecule has 1 aliphatic carbocycles. The minimum absolute atomic E-state index is 0.0550. The summed E-state index contributed by atoms with van der Waals surface area (Å²) >= 11 is 0. The van der Waals surface area contributed by atoms with E-state index in [9.17, 15) is 17.2 Å². The van der Waals surface area contributed by atoms with Gasteiger partial charge in [-0.15, -0.1) is 0 Å². The molecule has 2 fully saturated rings. The van der Waals surface area contributed by atoms with E-state index < -0.39 is 27.9 Å². The summed E-state index contributed by atoms with van der Waals surface area (Å²) in [6, 6.07) is 7.19. The van der Waals surface area contributed by atoms with Gasteiger partial charge in [0.25, 0.3) is 0 Å². The maximum atomic E-state index is 13.8. The van der Waals surface area contributed by atoms with Crippen LogP contribution in [0.1, 0.15) is 43.6 Å². The van der Waals surface area contributed by atoms with Crippen molar-refractivity contribution in [3.8, 4) is 5.75 Å².